The standard InChI is InChI=1S/C24H27ClN4/c1-28(2)16-6-5-14-26-24-23-21(13-15-27-24)20-7-3-4-8-22(20)29(23)17-18-9-11-19(25)12-10-18/h3-4,7-13,15H,5-6,14,16-17H2,1-2H3,(H,26,27). The highest BCUT2D eigenvalue weighted by atomic mass is 35.5. The van der Waals surface area contributed by atoms with Gasteiger partial charge in [0.15, 0.2) is 5.82 Å². The minimum Gasteiger partial charge on any atom is -0.368 e. The summed E-state index contributed by atoms with van der Waals surface area (Å²) in [5.74, 6) is 0.956. The molecule has 0 aliphatic heterocycles. The van der Waals surface area contributed by atoms with Crippen molar-refractivity contribution >= 4 is 39.2 Å². The Bertz CT molecular complexity index is 1100. The van der Waals surface area contributed by atoms with Gasteiger partial charge in [-0.1, -0.05) is 41.9 Å². The lowest BCUT2D eigenvalue weighted by molar-refractivity contribution is 0.396. The van der Waals surface area contributed by atoms with Gasteiger partial charge in [-0.15, -0.1) is 0 Å². The lowest BCUT2D eigenvalue weighted by Gasteiger charge is -2.13. The fraction of sp³-hybridized carbons (Fsp3) is 0.292. The number of aromatic nitrogens is 2. The molecular weight excluding hydrogens is 380 g/mol. The van der Waals surface area contributed by atoms with E-state index in [1.165, 1.54) is 28.3 Å². The molecule has 150 valence electrons. The van der Waals surface area contributed by atoms with Gasteiger partial charge in [-0.3, -0.25) is 0 Å². The molecule has 2 aromatic carbocycles. The lowest BCUT2D eigenvalue weighted by Crippen LogP contribution is -2.14. The Morgan fingerprint density at radius 3 is 2.55 bits per heavy atom. The molecule has 4 aromatic rings. The Hall–Kier alpha value is -2.56. The quantitative estimate of drug-likeness (QED) is 0.384. The van der Waals surface area contributed by atoms with Crippen LogP contribution in [0.1, 0.15) is 18.4 Å². The number of benzene rings is 2. The van der Waals surface area contributed by atoms with Crippen LogP contribution in [0.25, 0.3) is 21.8 Å². The van der Waals surface area contributed by atoms with Crippen molar-refractivity contribution in [1.82, 2.24) is 14.5 Å². The van der Waals surface area contributed by atoms with Gasteiger partial charge in [-0.2, -0.15) is 0 Å². The molecule has 4 nitrogen and oxygen atoms in total. The van der Waals surface area contributed by atoms with Crippen LogP contribution in [-0.2, 0) is 6.54 Å². The average Bonchev–Trinajstić information content (AvgIpc) is 3.04. The predicted octanol–water partition coefficient (Wildman–Crippen LogP) is 5.64. The van der Waals surface area contributed by atoms with E-state index >= 15 is 0 Å². The van der Waals surface area contributed by atoms with Crippen molar-refractivity contribution in [1.29, 1.82) is 0 Å². The van der Waals surface area contributed by atoms with Crippen molar-refractivity contribution in [2.45, 2.75) is 19.4 Å². The van der Waals surface area contributed by atoms with Gasteiger partial charge in [-0.25, -0.2) is 4.98 Å². The number of halogens is 1. The van der Waals surface area contributed by atoms with Crippen LogP contribution < -0.4 is 5.32 Å². The van der Waals surface area contributed by atoms with Crippen molar-refractivity contribution in [3.8, 4) is 0 Å². The molecule has 0 radical (unpaired) electrons. The maximum atomic E-state index is 6.08. The first-order valence-corrected chi connectivity index (χ1v) is 10.5. The highest BCUT2D eigenvalue weighted by Crippen LogP contribution is 2.33. The molecule has 4 rings (SSSR count). The van der Waals surface area contributed by atoms with Crippen molar-refractivity contribution in [3.63, 3.8) is 0 Å². The normalized spacial score (nSPS) is 11.6. The molecule has 1 N–H and O–H groups in total. The number of anilines is 1. The first-order valence-electron chi connectivity index (χ1n) is 10.1. The van der Waals surface area contributed by atoms with E-state index in [9.17, 15) is 0 Å². The van der Waals surface area contributed by atoms with Crippen molar-refractivity contribution < 1.29 is 0 Å². The number of rotatable bonds is 8. The minimum atomic E-state index is 0.762. The van der Waals surface area contributed by atoms with Crippen molar-refractivity contribution in [2.75, 3.05) is 32.5 Å². The van der Waals surface area contributed by atoms with E-state index in [2.05, 4.69) is 76.3 Å². The minimum absolute atomic E-state index is 0.762. The molecule has 2 aromatic heterocycles. The van der Waals surface area contributed by atoms with Gasteiger partial charge in [0.2, 0.25) is 0 Å². The first-order chi connectivity index (χ1) is 14.1. The highest BCUT2D eigenvalue weighted by Gasteiger charge is 2.15. The van der Waals surface area contributed by atoms with Crippen LogP contribution in [0.5, 0.6) is 0 Å². The maximum Gasteiger partial charge on any atom is 0.150 e. The Kier molecular flexibility index (Phi) is 6.02. The summed E-state index contributed by atoms with van der Waals surface area (Å²) in [5, 5.41) is 6.84. The molecule has 2 heterocycles. The monoisotopic (exact) mass is 406 g/mol. The van der Waals surface area contributed by atoms with Crippen LogP contribution in [0.2, 0.25) is 5.02 Å². The van der Waals surface area contributed by atoms with Crippen molar-refractivity contribution in [2.24, 2.45) is 0 Å². The Morgan fingerprint density at radius 1 is 0.966 bits per heavy atom. The molecule has 0 atom stereocenters. The van der Waals surface area contributed by atoms with Gasteiger partial charge in [0.05, 0.1) is 5.52 Å². The molecule has 0 bridgehead atoms. The Labute approximate surface area is 177 Å². The molecule has 29 heavy (non-hydrogen) atoms. The topological polar surface area (TPSA) is 33.1 Å². The Morgan fingerprint density at radius 2 is 1.76 bits per heavy atom. The SMILES string of the molecule is CN(C)CCCCNc1nccc2c3ccccc3n(Cc3ccc(Cl)cc3)c12. The fourth-order valence-electron chi connectivity index (χ4n) is 3.83. The van der Waals surface area contributed by atoms with E-state index in [-0.39, 0.29) is 0 Å². The van der Waals surface area contributed by atoms with E-state index in [0.717, 1.165) is 42.4 Å². The van der Waals surface area contributed by atoms with E-state index < -0.39 is 0 Å². The maximum absolute atomic E-state index is 6.08. The highest BCUT2D eigenvalue weighted by molar-refractivity contribution is 6.30. The van der Waals surface area contributed by atoms with E-state index in [1.54, 1.807) is 0 Å². The molecule has 0 fully saturated rings. The number of nitrogens with zero attached hydrogens (tertiary/aromatic N) is 3. The molecular formula is C24H27ClN4. The third-order valence-corrected chi connectivity index (χ3v) is 5.51. The van der Waals surface area contributed by atoms with Crippen LogP contribution in [0.3, 0.4) is 0 Å². The third kappa shape index (κ3) is 4.39. The molecule has 5 heteroatoms. The van der Waals surface area contributed by atoms with Crippen LogP contribution in [0.4, 0.5) is 5.82 Å². The summed E-state index contributed by atoms with van der Waals surface area (Å²) in [5.41, 5.74) is 3.61. The first kappa shape index (κ1) is 19.7. The van der Waals surface area contributed by atoms with Crippen LogP contribution in [0.15, 0.2) is 60.8 Å². The van der Waals surface area contributed by atoms with Gasteiger partial charge in [0.25, 0.3) is 0 Å². The van der Waals surface area contributed by atoms with E-state index in [1.807, 2.05) is 18.3 Å². The summed E-state index contributed by atoms with van der Waals surface area (Å²) in [4.78, 5) is 6.91. The van der Waals surface area contributed by atoms with E-state index in [0.29, 0.717) is 0 Å². The fourth-order valence-corrected chi connectivity index (χ4v) is 3.95. The second kappa shape index (κ2) is 8.85. The number of nitrogens with one attached hydrogen (secondary N) is 1. The summed E-state index contributed by atoms with van der Waals surface area (Å²) in [6.07, 6.45) is 4.20. The second-order valence-corrected chi connectivity index (χ2v) is 8.16. The zero-order valence-corrected chi connectivity index (χ0v) is 17.8. The molecule has 0 saturated heterocycles. The van der Waals surface area contributed by atoms with Gasteiger partial charge in [0, 0.05) is 40.6 Å². The third-order valence-electron chi connectivity index (χ3n) is 5.26. The molecule has 0 unspecified atom stereocenters. The summed E-state index contributed by atoms with van der Waals surface area (Å²) in [7, 11) is 4.23. The molecule has 0 spiro atoms. The van der Waals surface area contributed by atoms with Gasteiger partial charge < -0.3 is 14.8 Å². The number of unbranched alkanes of at least 4 members (excludes halogenated alkanes) is 1. The van der Waals surface area contributed by atoms with Crippen molar-refractivity contribution in [3.05, 3.63) is 71.4 Å². The molecule has 0 saturated carbocycles. The summed E-state index contributed by atoms with van der Waals surface area (Å²) in [6.45, 7) is 2.81. The summed E-state index contributed by atoms with van der Waals surface area (Å²) < 4.78 is 2.36. The molecule has 0 amide bonds. The largest absolute Gasteiger partial charge is 0.368 e. The number of hydrogen-bond donors (Lipinski definition) is 1. The number of fused-ring (bicyclic) bond motifs is 3. The lowest BCUT2D eigenvalue weighted by atomic mass is 10.2. The Balaban J connectivity index is 1.70. The van der Waals surface area contributed by atoms with Crippen LogP contribution in [-0.4, -0.2) is 41.6 Å². The molecule has 0 aliphatic rings. The van der Waals surface area contributed by atoms with Crippen LogP contribution in [0, 0.1) is 0 Å². The average molecular weight is 407 g/mol. The number of pyridine rings is 1. The second-order valence-electron chi connectivity index (χ2n) is 7.72. The van der Waals surface area contributed by atoms with E-state index in [4.69, 9.17) is 11.6 Å². The number of para-hydroxylation sites is 1. The zero-order valence-electron chi connectivity index (χ0n) is 17.0. The summed E-state index contributed by atoms with van der Waals surface area (Å²) >= 11 is 6.08. The van der Waals surface area contributed by atoms with Crippen LogP contribution >= 0.6 is 11.6 Å². The number of hydrogen-bond acceptors (Lipinski definition) is 3. The predicted molar refractivity (Wildman–Crippen MR) is 124 cm³/mol. The van der Waals surface area contributed by atoms with Gasteiger partial charge in [0.1, 0.15) is 0 Å². The van der Waals surface area contributed by atoms with Gasteiger partial charge in [-0.05, 0) is 63.3 Å². The summed E-state index contributed by atoms with van der Waals surface area (Å²) in [6, 6.07) is 18.8. The smallest absolute Gasteiger partial charge is 0.150 e. The zero-order chi connectivity index (χ0) is 20.2. The van der Waals surface area contributed by atoms with Gasteiger partial charge >= 0.3 is 0 Å². The molecule has 0 aliphatic carbocycles.